The van der Waals surface area contributed by atoms with Gasteiger partial charge in [-0.3, -0.25) is 9.80 Å². The summed E-state index contributed by atoms with van der Waals surface area (Å²) in [6.07, 6.45) is 2.19. The molecule has 4 nitrogen and oxygen atoms in total. The van der Waals surface area contributed by atoms with Gasteiger partial charge in [0, 0.05) is 45.9 Å². The van der Waals surface area contributed by atoms with E-state index in [2.05, 4.69) is 23.6 Å². The Morgan fingerprint density at radius 2 is 1.88 bits per heavy atom. The van der Waals surface area contributed by atoms with Gasteiger partial charge in [0.1, 0.15) is 0 Å². The van der Waals surface area contributed by atoms with Gasteiger partial charge < -0.3 is 9.84 Å². The van der Waals surface area contributed by atoms with Gasteiger partial charge in [0.2, 0.25) is 0 Å². The van der Waals surface area contributed by atoms with Gasteiger partial charge in [0.15, 0.2) is 0 Å². The Morgan fingerprint density at radius 1 is 1.24 bits per heavy atom. The van der Waals surface area contributed by atoms with Crippen LogP contribution in [0.1, 0.15) is 26.7 Å². The Hall–Kier alpha value is -0.160. The van der Waals surface area contributed by atoms with Crippen molar-refractivity contribution in [1.82, 2.24) is 9.80 Å². The minimum atomic E-state index is -0.348. The summed E-state index contributed by atoms with van der Waals surface area (Å²) in [7, 11) is 1.63. The summed E-state index contributed by atoms with van der Waals surface area (Å²) >= 11 is 0. The van der Waals surface area contributed by atoms with Crippen molar-refractivity contribution in [3.8, 4) is 0 Å². The Balaban J connectivity index is 2.21. The van der Waals surface area contributed by atoms with Crippen LogP contribution in [0.5, 0.6) is 0 Å². The molecule has 0 bridgehead atoms. The van der Waals surface area contributed by atoms with Gasteiger partial charge in [-0.25, -0.2) is 0 Å². The molecule has 1 saturated heterocycles. The quantitative estimate of drug-likeness (QED) is 0.718. The highest BCUT2D eigenvalue weighted by molar-refractivity contribution is 4.77. The van der Waals surface area contributed by atoms with Gasteiger partial charge in [-0.1, -0.05) is 13.3 Å². The minimum Gasteiger partial charge on any atom is -0.389 e. The van der Waals surface area contributed by atoms with Crippen LogP contribution in [-0.2, 0) is 4.74 Å². The first kappa shape index (κ1) is 14.9. The lowest BCUT2D eigenvalue weighted by molar-refractivity contribution is 0.0186. The molecule has 1 rings (SSSR count). The van der Waals surface area contributed by atoms with E-state index in [1.54, 1.807) is 7.11 Å². The SMILES string of the molecule is CCCC(C)N1CCN(CC(O)COC)CC1. The number of aliphatic hydroxyl groups is 1. The zero-order valence-electron chi connectivity index (χ0n) is 11.6. The Labute approximate surface area is 106 Å². The molecule has 0 spiro atoms. The maximum atomic E-state index is 9.68. The average Bonchev–Trinajstić information content (AvgIpc) is 2.30. The Bertz CT molecular complexity index is 194. The highest BCUT2D eigenvalue weighted by Gasteiger charge is 2.21. The molecule has 0 amide bonds. The van der Waals surface area contributed by atoms with E-state index in [1.165, 1.54) is 12.8 Å². The second-order valence-corrected chi connectivity index (χ2v) is 5.08. The fourth-order valence-electron chi connectivity index (χ4n) is 2.53. The molecule has 1 N–H and O–H groups in total. The Morgan fingerprint density at radius 3 is 2.41 bits per heavy atom. The maximum Gasteiger partial charge on any atom is 0.0900 e. The third-order valence-electron chi connectivity index (χ3n) is 3.56. The van der Waals surface area contributed by atoms with Crippen molar-refractivity contribution < 1.29 is 9.84 Å². The van der Waals surface area contributed by atoms with Crippen molar-refractivity contribution >= 4 is 0 Å². The van der Waals surface area contributed by atoms with Crippen molar-refractivity contribution in [2.75, 3.05) is 46.4 Å². The summed E-state index contributed by atoms with van der Waals surface area (Å²) in [4.78, 5) is 4.89. The number of hydrogen-bond donors (Lipinski definition) is 1. The van der Waals surface area contributed by atoms with Crippen LogP contribution >= 0.6 is 0 Å². The van der Waals surface area contributed by atoms with E-state index < -0.39 is 0 Å². The third kappa shape index (κ3) is 5.34. The zero-order valence-corrected chi connectivity index (χ0v) is 11.6. The number of methoxy groups -OCH3 is 1. The van der Waals surface area contributed by atoms with Crippen molar-refractivity contribution in [3.63, 3.8) is 0 Å². The molecular weight excluding hydrogens is 216 g/mol. The van der Waals surface area contributed by atoms with E-state index in [0.717, 1.165) is 32.7 Å². The van der Waals surface area contributed by atoms with Gasteiger partial charge in [0.05, 0.1) is 12.7 Å². The van der Waals surface area contributed by atoms with Gasteiger partial charge >= 0.3 is 0 Å². The number of rotatable bonds is 7. The normalized spacial score (nSPS) is 22.6. The van der Waals surface area contributed by atoms with Crippen LogP contribution in [0.3, 0.4) is 0 Å². The van der Waals surface area contributed by atoms with Crippen LogP contribution in [0.4, 0.5) is 0 Å². The molecule has 0 saturated carbocycles. The monoisotopic (exact) mass is 244 g/mol. The first-order valence-electron chi connectivity index (χ1n) is 6.80. The lowest BCUT2D eigenvalue weighted by atomic mass is 10.1. The molecule has 102 valence electrons. The second kappa shape index (κ2) is 8.03. The van der Waals surface area contributed by atoms with Crippen LogP contribution in [0.15, 0.2) is 0 Å². The fraction of sp³-hybridized carbons (Fsp3) is 1.00. The van der Waals surface area contributed by atoms with Gasteiger partial charge in [-0.15, -0.1) is 0 Å². The van der Waals surface area contributed by atoms with Crippen LogP contribution in [-0.4, -0.2) is 73.5 Å². The van der Waals surface area contributed by atoms with Crippen LogP contribution in [0, 0.1) is 0 Å². The van der Waals surface area contributed by atoms with Crippen LogP contribution < -0.4 is 0 Å². The molecule has 0 aromatic rings. The molecule has 4 heteroatoms. The number of nitrogens with zero attached hydrogens (tertiary/aromatic N) is 2. The van der Waals surface area contributed by atoms with Crippen molar-refractivity contribution in [3.05, 3.63) is 0 Å². The number of hydrogen-bond acceptors (Lipinski definition) is 4. The van der Waals surface area contributed by atoms with Crippen molar-refractivity contribution in [2.24, 2.45) is 0 Å². The molecule has 2 unspecified atom stereocenters. The molecule has 1 aliphatic rings. The predicted molar refractivity (Wildman–Crippen MR) is 70.3 cm³/mol. The van der Waals surface area contributed by atoms with E-state index in [1.807, 2.05) is 0 Å². The van der Waals surface area contributed by atoms with E-state index in [0.29, 0.717) is 12.6 Å². The topological polar surface area (TPSA) is 35.9 Å². The zero-order chi connectivity index (χ0) is 12.7. The molecular formula is C13H28N2O2. The standard InChI is InChI=1S/C13H28N2O2/c1-4-5-12(2)15-8-6-14(7-9-15)10-13(16)11-17-3/h12-13,16H,4-11H2,1-3H3. The van der Waals surface area contributed by atoms with Gasteiger partial charge in [0.25, 0.3) is 0 Å². The lowest BCUT2D eigenvalue weighted by Crippen LogP contribution is -2.51. The first-order valence-corrected chi connectivity index (χ1v) is 6.80. The van der Waals surface area contributed by atoms with E-state index in [-0.39, 0.29) is 6.10 Å². The summed E-state index contributed by atoms with van der Waals surface area (Å²) in [5.74, 6) is 0. The number of ether oxygens (including phenoxy) is 1. The van der Waals surface area contributed by atoms with Crippen molar-refractivity contribution in [1.29, 1.82) is 0 Å². The van der Waals surface area contributed by atoms with Gasteiger partial charge in [-0.2, -0.15) is 0 Å². The smallest absolute Gasteiger partial charge is 0.0900 e. The second-order valence-electron chi connectivity index (χ2n) is 5.08. The molecule has 0 radical (unpaired) electrons. The fourth-order valence-corrected chi connectivity index (χ4v) is 2.53. The largest absolute Gasteiger partial charge is 0.389 e. The summed E-state index contributed by atoms with van der Waals surface area (Å²) < 4.78 is 4.95. The van der Waals surface area contributed by atoms with Crippen LogP contribution in [0.2, 0.25) is 0 Å². The number of piperazine rings is 1. The summed E-state index contributed by atoms with van der Waals surface area (Å²) in [5.41, 5.74) is 0. The highest BCUT2D eigenvalue weighted by atomic mass is 16.5. The molecule has 1 fully saturated rings. The summed E-state index contributed by atoms with van der Waals surface area (Å²) in [5, 5.41) is 9.68. The van der Waals surface area contributed by atoms with Crippen LogP contribution in [0.25, 0.3) is 0 Å². The van der Waals surface area contributed by atoms with E-state index >= 15 is 0 Å². The molecule has 0 aromatic carbocycles. The molecule has 1 heterocycles. The van der Waals surface area contributed by atoms with Crippen molar-refractivity contribution in [2.45, 2.75) is 38.8 Å². The number of β-amino-alcohol motifs (C(OH)–C–C–N with tert-alkyl or cyclic N) is 1. The van der Waals surface area contributed by atoms with E-state index in [9.17, 15) is 5.11 Å². The number of aliphatic hydroxyl groups excluding tert-OH is 1. The minimum absolute atomic E-state index is 0.348. The molecule has 17 heavy (non-hydrogen) atoms. The maximum absolute atomic E-state index is 9.68. The molecule has 1 aliphatic heterocycles. The van der Waals surface area contributed by atoms with Gasteiger partial charge in [-0.05, 0) is 13.3 Å². The molecule has 2 atom stereocenters. The first-order chi connectivity index (χ1) is 8.17. The third-order valence-corrected chi connectivity index (χ3v) is 3.56. The molecule has 0 aliphatic carbocycles. The lowest BCUT2D eigenvalue weighted by Gasteiger charge is -2.38. The highest BCUT2D eigenvalue weighted by Crippen LogP contribution is 2.10. The predicted octanol–water partition coefficient (Wildman–Crippen LogP) is 0.800. The summed E-state index contributed by atoms with van der Waals surface area (Å²) in [6, 6.07) is 0.700. The van der Waals surface area contributed by atoms with E-state index in [4.69, 9.17) is 4.74 Å². The average molecular weight is 244 g/mol. The summed E-state index contributed by atoms with van der Waals surface area (Å²) in [6.45, 7) is 10.1. The molecule has 0 aromatic heterocycles. The Kier molecular flexibility index (Phi) is 7.04.